The molecule has 1 aliphatic carbocycles. The van der Waals surface area contributed by atoms with Crippen LogP contribution in [0.15, 0.2) is 18.2 Å². The van der Waals surface area contributed by atoms with Crippen molar-refractivity contribution < 1.29 is 19.4 Å². The van der Waals surface area contributed by atoms with E-state index in [1.54, 1.807) is 6.07 Å². The number of carbonyl (C=O) groups excluding carboxylic acids is 2. The maximum Gasteiger partial charge on any atom is 0.342 e. The van der Waals surface area contributed by atoms with Crippen molar-refractivity contribution in [2.45, 2.75) is 32.7 Å². The number of amides is 1. The number of phenolic OH excluding ortho intramolecular Hbond substituents is 1. The second kappa shape index (κ2) is 5.94. The van der Waals surface area contributed by atoms with E-state index in [0.717, 1.165) is 18.4 Å². The van der Waals surface area contributed by atoms with Gasteiger partial charge in [0, 0.05) is 6.04 Å². The second-order valence-electron chi connectivity index (χ2n) is 5.29. The Morgan fingerprint density at radius 2 is 2.15 bits per heavy atom. The summed E-state index contributed by atoms with van der Waals surface area (Å²) in [4.78, 5) is 23.4. The van der Waals surface area contributed by atoms with Gasteiger partial charge in [0.1, 0.15) is 11.3 Å². The summed E-state index contributed by atoms with van der Waals surface area (Å²) < 4.78 is 4.90. The smallest absolute Gasteiger partial charge is 0.342 e. The quantitative estimate of drug-likeness (QED) is 0.804. The van der Waals surface area contributed by atoms with E-state index in [-0.39, 0.29) is 29.9 Å². The first kappa shape index (κ1) is 14.4. The van der Waals surface area contributed by atoms with Crippen LogP contribution < -0.4 is 5.32 Å². The predicted octanol–water partition coefficient (Wildman–Crippen LogP) is 1.77. The molecule has 1 aromatic rings. The highest BCUT2D eigenvalue weighted by molar-refractivity contribution is 5.93. The minimum Gasteiger partial charge on any atom is -0.507 e. The first-order valence-corrected chi connectivity index (χ1v) is 6.73. The van der Waals surface area contributed by atoms with Crippen LogP contribution in [-0.2, 0) is 9.53 Å². The molecule has 0 bridgehead atoms. The zero-order valence-corrected chi connectivity index (χ0v) is 11.7. The molecule has 0 aliphatic heterocycles. The van der Waals surface area contributed by atoms with Crippen LogP contribution >= 0.6 is 0 Å². The van der Waals surface area contributed by atoms with Gasteiger partial charge in [-0.05, 0) is 50.3 Å². The first-order valence-electron chi connectivity index (χ1n) is 6.73. The highest BCUT2D eigenvalue weighted by atomic mass is 16.5. The van der Waals surface area contributed by atoms with Gasteiger partial charge in [-0.2, -0.15) is 0 Å². The van der Waals surface area contributed by atoms with E-state index in [2.05, 4.69) is 5.32 Å². The lowest BCUT2D eigenvalue weighted by molar-refractivity contribution is -0.125. The molecule has 20 heavy (non-hydrogen) atoms. The number of hydrogen-bond acceptors (Lipinski definition) is 4. The van der Waals surface area contributed by atoms with Crippen LogP contribution in [0.4, 0.5) is 0 Å². The maximum absolute atomic E-state index is 11.8. The fourth-order valence-electron chi connectivity index (χ4n) is 2.03. The largest absolute Gasteiger partial charge is 0.507 e. The Balaban J connectivity index is 1.83. The molecule has 0 heterocycles. The molecule has 1 aromatic carbocycles. The standard InChI is InChI=1S/C15H19NO4/c1-9-3-6-12(13(17)7-9)15(19)20-8-14(18)16-10(2)11-4-5-11/h3,6-7,10-11,17H,4-5,8H2,1-2H3,(H,16,18)/t10-/m0/s1. The van der Waals surface area contributed by atoms with E-state index < -0.39 is 5.97 Å². The molecule has 108 valence electrons. The third-order valence-corrected chi connectivity index (χ3v) is 3.43. The Hall–Kier alpha value is -2.04. The summed E-state index contributed by atoms with van der Waals surface area (Å²) in [7, 11) is 0. The van der Waals surface area contributed by atoms with Gasteiger partial charge in [-0.3, -0.25) is 4.79 Å². The van der Waals surface area contributed by atoms with Crippen molar-refractivity contribution in [2.24, 2.45) is 5.92 Å². The van der Waals surface area contributed by atoms with Gasteiger partial charge in [-0.1, -0.05) is 6.07 Å². The van der Waals surface area contributed by atoms with Crippen molar-refractivity contribution in [3.05, 3.63) is 29.3 Å². The SMILES string of the molecule is Cc1ccc(C(=O)OCC(=O)N[C@@H](C)C2CC2)c(O)c1. The van der Waals surface area contributed by atoms with Crippen molar-refractivity contribution in [3.63, 3.8) is 0 Å². The molecule has 0 unspecified atom stereocenters. The molecule has 1 atom stereocenters. The lowest BCUT2D eigenvalue weighted by Crippen LogP contribution is -2.37. The molecule has 2 N–H and O–H groups in total. The Labute approximate surface area is 117 Å². The number of nitrogens with one attached hydrogen (secondary N) is 1. The molecule has 5 nitrogen and oxygen atoms in total. The Morgan fingerprint density at radius 1 is 1.45 bits per heavy atom. The normalized spacial score (nSPS) is 15.5. The first-order chi connectivity index (χ1) is 9.47. The fraction of sp³-hybridized carbons (Fsp3) is 0.467. The number of phenols is 1. The van der Waals surface area contributed by atoms with Gasteiger partial charge in [0.05, 0.1) is 0 Å². The number of ether oxygens (including phenoxy) is 1. The van der Waals surface area contributed by atoms with Crippen molar-refractivity contribution in [1.82, 2.24) is 5.32 Å². The summed E-state index contributed by atoms with van der Waals surface area (Å²) in [6.45, 7) is 3.42. The number of carbonyl (C=O) groups is 2. The highest BCUT2D eigenvalue weighted by Crippen LogP contribution is 2.32. The molecular weight excluding hydrogens is 258 g/mol. The zero-order chi connectivity index (χ0) is 14.7. The van der Waals surface area contributed by atoms with Crippen molar-refractivity contribution in [3.8, 4) is 5.75 Å². The molecule has 0 radical (unpaired) electrons. The van der Waals surface area contributed by atoms with Gasteiger partial charge in [-0.15, -0.1) is 0 Å². The monoisotopic (exact) mass is 277 g/mol. The van der Waals surface area contributed by atoms with Crippen LogP contribution in [0, 0.1) is 12.8 Å². The van der Waals surface area contributed by atoms with Crippen LogP contribution in [0.1, 0.15) is 35.7 Å². The summed E-state index contributed by atoms with van der Waals surface area (Å²) in [5, 5.41) is 12.4. The van der Waals surface area contributed by atoms with Crippen LogP contribution in [0.5, 0.6) is 5.75 Å². The summed E-state index contributed by atoms with van der Waals surface area (Å²) in [6, 6.07) is 4.78. The number of aryl methyl sites for hydroxylation is 1. The number of aromatic hydroxyl groups is 1. The van der Waals surface area contributed by atoms with Crippen LogP contribution in [0.2, 0.25) is 0 Å². The van der Waals surface area contributed by atoms with Gasteiger partial charge in [0.25, 0.3) is 5.91 Å². The average molecular weight is 277 g/mol. The number of hydrogen-bond donors (Lipinski definition) is 2. The third kappa shape index (κ3) is 3.73. The Bertz CT molecular complexity index is 523. The minimum atomic E-state index is -0.697. The van der Waals surface area contributed by atoms with E-state index in [9.17, 15) is 14.7 Å². The van der Waals surface area contributed by atoms with Crippen LogP contribution in [0.25, 0.3) is 0 Å². The topological polar surface area (TPSA) is 75.6 Å². The van der Waals surface area contributed by atoms with E-state index in [1.807, 2.05) is 13.8 Å². The van der Waals surface area contributed by atoms with Gasteiger partial charge in [0.2, 0.25) is 0 Å². The van der Waals surface area contributed by atoms with E-state index >= 15 is 0 Å². The van der Waals surface area contributed by atoms with Gasteiger partial charge >= 0.3 is 5.97 Å². The van der Waals surface area contributed by atoms with Crippen molar-refractivity contribution in [2.75, 3.05) is 6.61 Å². The van der Waals surface area contributed by atoms with Gasteiger partial charge < -0.3 is 15.2 Å². The third-order valence-electron chi connectivity index (χ3n) is 3.43. The maximum atomic E-state index is 11.8. The lowest BCUT2D eigenvalue weighted by atomic mass is 10.1. The molecule has 1 aliphatic rings. The van der Waals surface area contributed by atoms with E-state index in [1.165, 1.54) is 12.1 Å². The number of rotatable bonds is 5. The van der Waals surface area contributed by atoms with Gasteiger partial charge in [-0.25, -0.2) is 4.79 Å². The van der Waals surface area contributed by atoms with Crippen LogP contribution in [-0.4, -0.2) is 29.6 Å². The van der Waals surface area contributed by atoms with Crippen LogP contribution in [0.3, 0.4) is 0 Å². The number of benzene rings is 1. The molecule has 5 heteroatoms. The Kier molecular flexibility index (Phi) is 4.27. The predicted molar refractivity (Wildman–Crippen MR) is 73.5 cm³/mol. The van der Waals surface area contributed by atoms with E-state index in [4.69, 9.17) is 4.74 Å². The molecule has 0 aromatic heterocycles. The Morgan fingerprint density at radius 3 is 2.75 bits per heavy atom. The molecule has 1 amide bonds. The van der Waals surface area contributed by atoms with Crippen molar-refractivity contribution in [1.29, 1.82) is 0 Å². The van der Waals surface area contributed by atoms with Crippen molar-refractivity contribution >= 4 is 11.9 Å². The summed E-state index contributed by atoms with van der Waals surface area (Å²) >= 11 is 0. The lowest BCUT2D eigenvalue weighted by Gasteiger charge is -2.13. The van der Waals surface area contributed by atoms with E-state index in [0.29, 0.717) is 5.92 Å². The zero-order valence-electron chi connectivity index (χ0n) is 11.7. The molecule has 1 fully saturated rings. The summed E-state index contributed by atoms with van der Waals surface area (Å²) in [5.41, 5.74) is 0.911. The molecule has 2 rings (SSSR count). The summed E-state index contributed by atoms with van der Waals surface area (Å²) in [6.07, 6.45) is 2.27. The minimum absolute atomic E-state index is 0.0682. The molecule has 1 saturated carbocycles. The molecule has 0 saturated heterocycles. The fourth-order valence-corrected chi connectivity index (χ4v) is 2.03. The molecule has 0 spiro atoms. The highest BCUT2D eigenvalue weighted by Gasteiger charge is 2.29. The average Bonchev–Trinajstić information content (AvgIpc) is 3.20. The summed E-state index contributed by atoms with van der Waals surface area (Å²) in [5.74, 6) is -0.598. The molecular formula is C15H19NO4. The van der Waals surface area contributed by atoms with Gasteiger partial charge in [0.15, 0.2) is 6.61 Å². The number of esters is 1. The second-order valence-corrected chi connectivity index (χ2v) is 5.29.